The predicted octanol–water partition coefficient (Wildman–Crippen LogP) is 4.04. The van der Waals surface area contributed by atoms with Crippen LogP contribution < -0.4 is 4.90 Å². The van der Waals surface area contributed by atoms with E-state index in [-0.39, 0.29) is 34.6 Å². The summed E-state index contributed by atoms with van der Waals surface area (Å²) in [4.78, 5) is 19.1. The molecule has 2 heterocycles. The number of rotatable bonds is 5. The van der Waals surface area contributed by atoms with Crippen molar-refractivity contribution in [2.24, 2.45) is 4.99 Å². The lowest BCUT2D eigenvalue weighted by atomic mass is 9.99. The first-order chi connectivity index (χ1) is 14.3. The Balaban J connectivity index is 1.63. The normalized spacial score (nSPS) is 23.8. The third kappa shape index (κ3) is 4.47. The van der Waals surface area contributed by atoms with Crippen LogP contribution in [0, 0.1) is 0 Å². The third-order valence-electron chi connectivity index (χ3n) is 5.58. The molecule has 2 unspecified atom stereocenters. The zero-order valence-electron chi connectivity index (χ0n) is 17.2. The van der Waals surface area contributed by atoms with Gasteiger partial charge in [0.2, 0.25) is 5.91 Å². The summed E-state index contributed by atoms with van der Waals surface area (Å²) in [5.74, 6) is 0.350. The van der Waals surface area contributed by atoms with Crippen LogP contribution in [0.3, 0.4) is 0 Å². The maximum absolute atomic E-state index is 12.7. The molecule has 4 rings (SSSR count). The van der Waals surface area contributed by atoms with Crippen LogP contribution in [0.25, 0.3) is 0 Å². The van der Waals surface area contributed by atoms with Gasteiger partial charge in [-0.15, -0.1) is 0 Å². The summed E-state index contributed by atoms with van der Waals surface area (Å²) in [6.07, 6.45) is 0.978. The fourth-order valence-corrected chi connectivity index (χ4v) is 8.02. The molecule has 2 atom stereocenters. The van der Waals surface area contributed by atoms with Crippen molar-refractivity contribution in [3.05, 3.63) is 65.7 Å². The summed E-state index contributed by atoms with van der Waals surface area (Å²) < 4.78 is 24.6. The quantitative estimate of drug-likeness (QED) is 0.699. The predicted molar refractivity (Wildman–Crippen MR) is 124 cm³/mol. The van der Waals surface area contributed by atoms with E-state index in [4.69, 9.17) is 0 Å². The molecule has 0 aromatic heterocycles. The lowest BCUT2D eigenvalue weighted by Crippen LogP contribution is -2.38. The molecule has 5 nitrogen and oxygen atoms in total. The molecule has 0 saturated carbocycles. The maximum atomic E-state index is 12.7. The van der Waals surface area contributed by atoms with E-state index < -0.39 is 9.84 Å². The molecule has 2 aliphatic rings. The summed E-state index contributed by atoms with van der Waals surface area (Å²) in [5, 5.41) is 0.543. The second-order valence-electron chi connectivity index (χ2n) is 8.16. The number of aliphatic imine (C=N–C) groups is 1. The number of thioether (sulfide) groups is 1. The number of benzene rings is 2. The van der Waals surface area contributed by atoms with Gasteiger partial charge in [-0.3, -0.25) is 4.79 Å². The molecule has 158 valence electrons. The zero-order valence-corrected chi connectivity index (χ0v) is 18.8. The molecule has 0 spiro atoms. The number of amidine groups is 1. The van der Waals surface area contributed by atoms with E-state index in [9.17, 15) is 13.2 Å². The van der Waals surface area contributed by atoms with Crippen molar-refractivity contribution in [3.8, 4) is 0 Å². The highest BCUT2D eigenvalue weighted by Crippen LogP contribution is 2.43. The molecule has 0 bridgehead atoms. The number of aryl methyl sites for hydroxylation is 1. The highest BCUT2D eigenvalue weighted by atomic mass is 32.2. The second kappa shape index (κ2) is 8.55. The Morgan fingerprint density at radius 2 is 1.80 bits per heavy atom. The van der Waals surface area contributed by atoms with Crippen LogP contribution in [0.5, 0.6) is 0 Å². The molecule has 0 aliphatic carbocycles. The van der Waals surface area contributed by atoms with Gasteiger partial charge in [0, 0.05) is 17.4 Å². The van der Waals surface area contributed by atoms with Gasteiger partial charge in [-0.25, -0.2) is 8.42 Å². The molecule has 2 fully saturated rings. The first-order valence-electron chi connectivity index (χ1n) is 10.2. The van der Waals surface area contributed by atoms with Crippen molar-refractivity contribution in [2.75, 3.05) is 16.4 Å². The van der Waals surface area contributed by atoms with E-state index in [1.54, 1.807) is 0 Å². The van der Waals surface area contributed by atoms with E-state index >= 15 is 0 Å². The fourth-order valence-electron chi connectivity index (χ4n) is 4.10. The van der Waals surface area contributed by atoms with E-state index in [0.29, 0.717) is 18.0 Å². The summed E-state index contributed by atoms with van der Waals surface area (Å²) >= 11 is 1.43. The van der Waals surface area contributed by atoms with Gasteiger partial charge in [0.25, 0.3) is 0 Å². The number of hydrogen-bond donors (Lipinski definition) is 0. The van der Waals surface area contributed by atoms with Gasteiger partial charge in [-0.05, 0) is 29.5 Å². The van der Waals surface area contributed by atoms with Gasteiger partial charge in [0.15, 0.2) is 15.0 Å². The summed E-state index contributed by atoms with van der Waals surface area (Å²) in [6.45, 7) is 4.24. The van der Waals surface area contributed by atoms with Gasteiger partial charge < -0.3 is 4.90 Å². The van der Waals surface area contributed by atoms with Gasteiger partial charge in [0.05, 0.1) is 17.5 Å². The van der Waals surface area contributed by atoms with Crippen LogP contribution in [-0.4, -0.2) is 42.3 Å². The highest BCUT2D eigenvalue weighted by molar-refractivity contribution is 8.16. The number of fused-ring (bicyclic) bond motifs is 1. The van der Waals surface area contributed by atoms with Crippen molar-refractivity contribution in [3.63, 3.8) is 0 Å². The highest BCUT2D eigenvalue weighted by Gasteiger charge is 2.49. The minimum atomic E-state index is -3.08. The molecule has 2 aromatic rings. The second-order valence-corrected chi connectivity index (χ2v) is 11.5. The molecule has 7 heteroatoms. The number of nitrogens with zero attached hydrogens (tertiary/aromatic N) is 2. The standard InChI is InChI=1S/C23H26N2O3S2/c1-16(2)18-10-6-7-11-19(18)25-20-14-30(27,28)15-21(20)29-23(25)24-22(26)13-12-17-8-4-3-5-9-17/h3-11,16,20-21H,12-15H2,1-2H3. The molecule has 0 radical (unpaired) electrons. The third-order valence-corrected chi connectivity index (χ3v) is 8.79. The van der Waals surface area contributed by atoms with Crippen LogP contribution in [0.4, 0.5) is 5.69 Å². The average Bonchev–Trinajstić information content (AvgIpc) is 3.17. The molecule has 1 amide bonds. The lowest BCUT2D eigenvalue weighted by molar-refractivity contribution is -0.117. The van der Waals surface area contributed by atoms with E-state index in [1.807, 2.05) is 53.4 Å². The van der Waals surface area contributed by atoms with Crippen LogP contribution in [-0.2, 0) is 21.1 Å². The summed E-state index contributed by atoms with van der Waals surface area (Å²) in [6, 6.07) is 17.7. The number of carbonyl (C=O) groups is 1. The Morgan fingerprint density at radius 3 is 2.53 bits per heavy atom. The number of anilines is 1. The molecule has 30 heavy (non-hydrogen) atoms. The number of carbonyl (C=O) groups excluding carboxylic acids is 1. The van der Waals surface area contributed by atoms with Crippen LogP contribution in [0.1, 0.15) is 37.3 Å². The minimum absolute atomic E-state index is 0.0871. The summed E-state index contributed by atoms with van der Waals surface area (Å²) in [7, 11) is -3.08. The van der Waals surface area contributed by atoms with Gasteiger partial charge in [-0.2, -0.15) is 4.99 Å². The van der Waals surface area contributed by atoms with E-state index in [1.165, 1.54) is 11.8 Å². The molecular formula is C23H26N2O3S2. The number of sulfone groups is 1. The largest absolute Gasteiger partial charge is 0.315 e. The summed E-state index contributed by atoms with van der Waals surface area (Å²) in [5.41, 5.74) is 3.20. The molecule has 0 N–H and O–H groups in total. The van der Waals surface area contributed by atoms with Crippen LogP contribution >= 0.6 is 11.8 Å². The topological polar surface area (TPSA) is 66.8 Å². The van der Waals surface area contributed by atoms with E-state index in [2.05, 4.69) is 24.9 Å². The smallest absolute Gasteiger partial charge is 0.248 e. The monoisotopic (exact) mass is 442 g/mol. The number of hydrogen-bond acceptors (Lipinski definition) is 4. The van der Waals surface area contributed by atoms with Gasteiger partial charge >= 0.3 is 0 Å². The Labute approximate surface area is 182 Å². The zero-order chi connectivity index (χ0) is 21.3. The van der Waals surface area contributed by atoms with Crippen molar-refractivity contribution in [1.82, 2.24) is 0 Å². The molecule has 2 aliphatic heterocycles. The van der Waals surface area contributed by atoms with Crippen molar-refractivity contribution < 1.29 is 13.2 Å². The first-order valence-corrected chi connectivity index (χ1v) is 12.9. The number of para-hydroxylation sites is 1. The average molecular weight is 443 g/mol. The molecular weight excluding hydrogens is 416 g/mol. The Hall–Kier alpha value is -2.12. The van der Waals surface area contributed by atoms with E-state index in [0.717, 1.165) is 16.8 Å². The van der Waals surface area contributed by atoms with Crippen LogP contribution in [0.2, 0.25) is 0 Å². The van der Waals surface area contributed by atoms with Gasteiger partial charge in [0.1, 0.15) is 0 Å². The maximum Gasteiger partial charge on any atom is 0.248 e. The van der Waals surface area contributed by atoms with Crippen molar-refractivity contribution in [1.29, 1.82) is 0 Å². The Kier molecular flexibility index (Phi) is 6.02. The minimum Gasteiger partial charge on any atom is -0.315 e. The molecule has 2 aromatic carbocycles. The van der Waals surface area contributed by atoms with Crippen molar-refractivity contribution >= 4 is 38.4 Å². The van der Waals surface area contributed by atoms with Crippen LogP contribution in [0.15, 0.2) is 59.6 Å². The Morgan fingerprint density at radius 1 is 1.10 bits per heavy atom. The van der Waals surface area contributed by atoms with Crippen molar-refractivity contribution in [2.45, 2.75) is 43.9 Å². The lowest BCUT2D eigenvalue weighted by Gasteiger charge is -2.28. The SMILES string of the molecule is CC(C)c1ccccc1N1C(=NC(=O)CCc2ccccc2)SC2CS(=O)(=O)CC21. The van der Waals surface area contributed by atoms with Gasteiger partial charge in [-0.1, -0.05) is 74.1 Å². The fraction of sp³-hybridized carbons (Fsp3) is 0.391. The molecule has 2 saturated heterocycles. The Bertz CT molecular complexity index is 1060. The first kappa shape index (κ1) is 21.1. The number of amides is 1.